The third kappa shape index (κ3) is 3.90. The molecule has 0 spiro atoms. The van der Waals surface area contributed by atoms with E-state index in [0.717, 1.165) is 33.6 Å². The molecule has 2 N–H and O–H groups in total. The molecule has 0 aliphatic heterocycles. The molecule has 25 heavy (non-hydrogen) atoms. The fourth-order valence-electron chi connectivity index (χ4n) is 2.67. The second-order valence-electron chi connectivity index (χ2n) is 7.07. The number of aryl methyl sites for hydroxylation is 4. The summed E-state index contributed by atoms with van der Waals surface area (Å²) in [5.74, 6) is -0.651. The highest BCUT2D eigenvalue weighted by molar-refractivity contribution is 6.14. The summed E-state index contributed by atoms with van der Waals surface area (Å²) in [5.41, 5.74) is 4.21. The van der Waals surface area contributed by atoms with Crippen LogP contribution in [0.15, 0.2) is 36.4 Å². The number of para-hydroxylation sites is 2. The largest absolute Gasteiger partial charge is 0.325 e. The van der Waals surface area contributed by atoms with Gasteiger partial charge in [-0.25, -0.2) is 0 Å². The molecule has 4 heteroatoms. The van der Waals surface area contributed by atoms with Gasteiger partial charge in [0.2, 0.25) is 11.8 Å². The number of carbonyl (C=O) groups excluding carboxylic acids is 2. The van der Waals surface area contributed by atoms with Crippen molar-refractivity contribution >= 4 is 23.2 Å². The first-order valence-electron chi connectivity index (χ1n) is 8.40. The van der Waals surface area contributed by atoms with Gasteiger partial charge in [0.25, 0.3) is 0 Å². The van der Waals surface area contributed by atoms with Gasteiger partial charge in [0.15, 0.2) is 0 Å². The molecule has 2 amide bonds. The van der Waals surface area contributed by atoms with Gasteiger partial charge in [0.1, 0.15) is 5.41 Å². The maximum Gasteiger partial charge on any atom is 0.239 e. The van der Waals surface area contributed by atoms with Crippen LogP contribution in [0, 0.1) is 33.1 Å². The van der Waals surface area contributed by atoms with E-state index in [1.165, 1.54) is 0 Å². The SMILES string of the molecule is Cc1cccc(C)c1NC(=O)C(C)(C)C(=O)Nc1c(C)cccc1C. The zero-order valence-corrected chi connectivity index (χ0v) is 15.8. The van der Waals surface area contributed by atoms with Crippen molar-refractivity contribution in [3.05, 3.63) is 58.7 Å². The summed E-state index contributed by atoms with van der Waals surface area (Å²) in [4.78, 5) is 25.5. The predicted octanol–water partition coefficient (Wildman–Crippen LogP) is 4.52. The number of nitrogens with one attached hydrogen (secondary N) is 2. The highest BCUT2D eigenvalue weighted by Crippen LogP contribution is 2.27. The van der Waals surface area contributed by atoms with E-state index in [1.807, 2.05) is 64.1 Å². The molecule has 0 aliphatic rings. The minimum Gasteiger partial charge on any atom is -0.325 e. The summed E-state index contributed by atoms with van der Waals surface area (Å²) in [6.45, 7) is 11.0. The van der Waals surface area contributed by atoms with Crippen molar-refractivity contribution in [2.45, 2.75) is 41.5 Å². The molecule has 4 nitrogen and oxygen atoms in total. The average Bonchev–Trinajstić information content (AvgIpc) is 2.54. The molecule has 0 saturated heterocycles. The standard InChI is InChI=1S/C21H26N2O2/c1-13-9-7-10-14(2)17(13)22-19(24)21(5,6)20(25)23-18-15(3)11-8-12-16(18)4/h7-12H,1-6H3,(H,22,24)(H,23,25). The van der Waals surface area contributed by atoms with Gasteiger partial charge in [-0.15, -0.1) is 0 Å². The van der Waals surface area contributed by atoms with Gasteiger partial charge < -0.3 is 10.6 Å². The van der Waals surface area contributed by atoms with E-state index in [0.29, 0.717) is 0 Å². The fraction of sp³-hybridized carbons (Fsp3) is 0.333. The minimum absolute atomic E-state index is 0.325. The van der Waals surface area contributed by atoms with Gasteiger partial charge in [0.05, 0.1) is 0 Å². The Morgan fingerprint density at radius 1 is 0.680 bits per heavy atom. The van der Waals surface area contributed by atoms with E-state index in [-0.39, 0.29) is 11.8 Å². The molecule has 2 aromatic carbocycles. The minimum atomic E-state index is -1.20. The number of hydrogen-bond acceptors (Lipinski definition) is 2. The van der Waals surface area contributed by atoms with Gasteiger partial charge in [-0.2, -0.15) is 0 Å². The quantitative estimate of drug-likeness (QED) is 0.805. The third-order valence-electron chi connectivity index (χ3n) is 4.57. The van der Waals surface area contributed by atoms with Crippen LogP contribution in [0.1, 0.15) is 36.1 Å². The van der Waals surface area contributed by atoms with Crippen LogP contribution in [0.2, 0.25) is 0 Å². The lowest BCUT2D eigenvalue weighted by Gasteiger charge is -2.25. The number of carbonyl (C=O) groups is 2. The molecule has 0 unspecified atom stereocenters. The number of anilines is 2. The third-order valence-corrected chi connectivity index (χ3v) is 4.57. The predicted molar refractivity (Wildman–Crippen MR) is 103 cm³/mol. The van der Waals surface area contributed by atoms with Crippen LogP contribution in [-0.2, 0) is 9.59 Å². The molecule has 0 heterocycles. The topological polar surface area (TPSA) is 58.2 Å². The van der Waals surface area contributed by atoms with E-state index in [1.54, 1.807) is 13.8 Å². The zero-order chi connectivity index (χ0) is 18.8. The molecular weight excluding hydrogens is 312 g/mol. The maximum atomic E-state index is 12.8. The van der Waals surface area contributed by atoms with Crippen molar-refractivity contribution in [3.63, 3.8) is 0 Å². The Morgan fingerprint density at radius 2 is 0.960 bits per heavy atom. The van der Waals surface area contributed by atoms with E-state index < -0.39 is 5.41 Å². The second-order valence-corrected chi connectivity index (χ2v) is 7.07. The van der Waals surface area contributed by atoms with Crippen LogP contribution in [-0.4, -0.2) is 11.8 Å². The van der Waals surface area contributed by atoms with E-state index >= 15 is 0 Å². The monoisotopic (exact) mass is 338 g/mol. The molecule has 2 aromatic rings. The zero-order valence-electron chi connectivity index (χ0n) is 15.8. The Morgan fingerprint density at radius 3 is 1.24 bits per heavy atom. The van der Waals surface area contributed by atoms with Crippen molar-refractivity contribution in [2.24, 2.45) is 5.41 Å². The average molecular weight is 338 g/mol. The summed E-state index contributed by atoms with van der Waals surface area (Å²) in [6, 6.07) is 11.6. The molecule has 0 radical (unpaired) electrons. The van der Waals surface area contributed by atoms with Gasteiger partial charge in [-0.1, -0.05) is 36.4 Å². The van der Waals surface area contributed by atoms with Gasteiger partial charge in [0, 0.05) is 11.4 Å². The second kappa shape index (κ2) is 7.09. The lowest BCUT2D eigenvalue weighted by Crippen LogP contribution is -2.42. The first-order chi connectivity index (χ1) is 11.6. The van der Waals surface area contributed by atoms with E-state index in [9.17, 15) is 9.59 Å². The van der Waals surface area contributed by atoms with Gasteiger partial charge in [-0.3, -0.25) is 9.59 Å². The Balaban J connectivity index is 2.22. The van der Waals surface area contributed by atoms with Gasteiger partial charge >= 0.3 is 0 Å². The van der Waals surface area contributed by atoms with Crippen molar-refractivity contribution < 1.29 is 9.59 Å². The summed E-state index contributed by atoms with van der Waals surface area (Å²) >= 11 is 0. The summed E-state index contributed by atoms with van der Waals surface area (Å²) < 4.78 is 0. The Hall–Kier alpha value is -2.62. The molecule has 0 saturated carbocycles. The van der Waals surface area contributed by atoms with Crippen molar-refractivity contribution in [2.75, 3.05) is 10.6 Å². The molecule has 0 bridgehead atoms. The normalized spacial score (nSPS) is 11.1. The molecule has 2 rings (SSSR count). The van der Waals surface area contributed by atoms with E-state index in [4.69, 9.17) is 0 Å². The Bertz CT molecular complexity index is 715. The van der Waals surface area contributed by atoms with Crippen LogP contribution in [0.25, 0.3) is 0 Å². The highest BCUT2D eigenvalue weighted by atomic mass is 16.2. The molecule has 0 aliphatic carbocycles. The smallest absolute Gasteiger partial charge is 0.239 e. The summed E-state index contributed by atoms with van der Waals surface area (Å²) in [6.07, 6.45) is 0. The van der Waals surface area contributed by atoms with Crippen molar-refractivity contribution in [1.82, 2.24) is 0 Å². The molecule has 0 fully saturated rings. The van der Waals surface area contributed by atoms with Crippen molar-refractivity contribution in [3.8, 4) is 0 Å². The Labute approximate surface area is 149 Å². The number of hydrogen-bond donors (Lipinski definition) is 2. The lowest BCUT2D eigenvalue weighted by molar-refractivity contribution is -0.135. The van der Waals surface area contributed by atoms with Gasteiger partial charge in [-0.05, 0) is 63.8 Å². The molecular formula is C21H26N2O2. The van der Waals surface area contributed by atoms with Crippen LogP contribution < -0.4 is 10.6 Å². The molecule has 0 aromatic heterocycles. The van der Waals surface area contributed by atoms with Crippen LogP contribution in [0.4, 0.5) is 11.4 Å². The van der Waals surface area contributed by atoms with E-state index in [2.05, 4.69) is 10.6 Å². The Kier molecular flexibility index (Phi) is 5.31. The summed E-state index contributed by atoms with van der Waals surface area (Å²) in [5, 5.41) is 5.83. The van der Waals surface area contributed by atoms with Crippen LogP contribution in [0.5, 0.6) is 0 Å². The van der Waals surface area contributed by atoms with Crippen LogP contribution in [0.3, 0.4) is 0 Å². The first-order valence-corrected chi connectivity index (χ1v) is 8.40. The highest BCUT2D eigenvalue weighted by Gasteiger charge is 2.36. The number of rotatable bonds is 4. The summed E-state index contributed by atoms with van der Waals surface area (Å²) in [7, 11) is 0. The first kappa shape index (κ1) is 18.7. The van der Waals surface area contributed by atoms with Crippen LogP contribution >= 0.6 is 0 Å². The fourth-order valence-corrected chi connectivity index (χ4v) is 2.67. The van der Waals surface area contributed by atoms with Crippen molar-refractivity contribution in [1.29, 1.82) is 0 Å². The number of amides is 2. The lowest BCUT2D eigenvalue weighted by atomic mass is 9.90. The maximum absolute atomic E-state index is 12.8. The molecule has 0 atom stereocenters. The molecule has 132 valence electrons. The number of benzene rings is 2.